The van der Waals surface area contributed by atoms with Gasteiger partial charge < -0.3 is 10.2 Å². The summed E-state index contributed by atoms with van der Waals surface area (Å²) in [6.07, 6.45) is 0. The lowest BCUT2D eigenvalue weighted by Crippen LogP contribution is -2.30. The van der Waals surface area contributed by atoms with Crippen LogP contribution in [0.5, 0.6) is 0 Å². The predicted molar refractivity (Wildman–Crippen MR) is 146 cm³/mol. The lowest BCUT2D eigenvalue weighted by molar-refractivity contribution is 0.0979. The molecule has 1 aliphatic rings. The Morgan fingerprint density at radius 2 is 1.78 bits per heavy atom. The summed E-state index contributed by atoms with van der Waals surface area (Å²) in [6.45, 7) is 2.14. The van der Waals surface area contributed by atoms with Crippen LogP contribution >= 0.6 is 27.5 Å². The van der Waals surface area contributed by atoms with Crippen molar-refractivity contribution in [2.24, 2.45) is 0 Å². The van der Waals surface area contributed by atoms with E-state index in [0.29, 0.717) is 37.3 Å². The van der Waals surface area contributed by atoms with Gasteiger partial charge in [0.15, 0.2) is 0 Å². The van der Waals surface area contributed by atoms with Gasteiger partial charge >= 0.3 is 0 Å². The van der Waals surface area contributed by atoms with Gasteiger partial charge in [0.1, 0.15) is 0 Å². The molecule has 0 saturated carbocycles. The van der Waals surface area contributed by atoms with Gasteiger partial charge in [-0.2, -0.15) is 0 Å². The molecule has 36 heavy (non-hydrogen) atoms. The average molecular weight is 580 g/mol. The fraction of sp³-hybridized carbons (Fsp3) is 0.0714. The summed E-state index contributed by atoms with van der Waals surface area (Å²) in [7, 11) is -1.60. The summed E-state index contributed by atoms with van der Waals surface area (Å²) >= 11 is 9.66. The summed E-state index contributed by atoms with van der Waals surface area (Å²) in [4.78, 5) is 29.4. The normalized spacial score (nSPS) is 14.6. The van der Waals surface area contributed by atoms with Crippen molar-refractivity contribution in [1.29, 1.82) is 0 Å². The van der Waals surface area contributed by atoms with Crippen LogP contribution in [0.2, 0.25) is 5.02 Å². The monoisotopic (exact) mass is 578 g/mol. The molecule has 0 unspecified atom stereocenters. The molecule has 0 saturated heterocycles. The van der Waals surface area contributed by atoms with Crippen LogP contribution in [-0.2, 0) is 17.3 Å². The Balaban J connectivity index is 1.59. The number of fused-ring (bicyclic) bond motifs is 2. The van der Waals surface area contributed by atoms with Gasteiger partial charge in [-0.15, -0.1) is 0 Å². The highest BCUT2D eigenvalue weighted by molar-refractivity contribution is 9.10. The first kappa shape index (κ1) is 24.4. The zero-order chi connectivity index (χ0) is 25.4. The van der Waals surface area contributed by atoms with E-state index >= 15 is 0 Å². The molecule has 8 heteroatoms. The molecule has 1 heterocycles. The molecule has 0 aromatic heterocycles. The number of nitrogens with zero attached hydrogens (tertiary/aromatic N) is 1. The molecule has 0 fully saturated rings. The van der Waals surface area contributed by atoms with Crippen molar-refractivity contribution in [3.63, 3.8) is 0 Å². The molecule has 180 valence electrons. The van der Waals surface area contributed by atoms with Crippen LogP contribution in [0.4, 0.5) is 11.4 Å². The molecule has 0 bridgehead atoms. The average Bonchev–Trinajstić information content (AvgIpc) is 2.96. The maximum absolute atomic E-state index is 13.7. The molecule has 0 spiro atoms. The van der Waals surface area contributed by atoms with E-state index in [-0.39, 0.29) is 18.4 Å². The number of halogens is 2. The van der Waals surface area contributed by atoms with Crippen LogP contribution < -0.4 is 10.2 Å². The van der Waals surface area contributed by atoms with E-state index < -0.39 is 10.8 Å². The molecule has 5 rings (SSSR count). The van der Waals surface area contributed by atoms with Crippen LogP contribution in [0.1, 0.15) is 31.8 Å². The molecule has 5 nitrogen and oxygen atoms in total. The van der Waals surface area contributed by atoms with E-state index in [0.717, 1.165) is 15.6 Å². The van der Waals surface area contributed by atoms with E-state index in [1.165, 1.54) is 0 Å². The Morgan fingerprint density at radius 1 is 0.972 bits per heavy atom. The molecule has 0 aliphatic carbocycles. The Labute approximate surface area is 224 Å². The lowest BCUT2D eigenvalue weighted by Gasteiger charge is -2.24. The number of aryl methyl sites for hydroxylation is 1. The van der Waals surface area contributed by atoms with Crippen molar-refractivity contribution >= 4 is 61.5 Å². The number of anilines is 2. The standard InChI is InChI=1S/C28H20BrClN2O3S/c1-17-13-21(10-11-23(17)29)31-27(33)19-9-12-26-24(15-19)32(16-18-5-4-6-20(30)14-18)28(34)22-7-2-3-8-25(22)36(26)35/h2-15H,16H2,1H3,(H,31,33)/t36-/m1/s1. The number of nitrogens with one attached hydrogen (secondary N) is 1. The fourth-order valence-electron chi connectivity index (χ4n) is 4.11. The van der Waals surface area contributed by atoms with Crippen LogP contribution in [-0.4, -0.2) is 16.0 Å². The van der Waals surface area contributed by atoms with E-state index in [1.807, 2.05) is 31.2 Å². The molecule has 1 N–H and O–H groups in total. The van der Waals surface area contributed by atoms with Gasteiger partial charge in [0.25, 0.3) is 11.8 Å². The van der Waals surface area contributed by atoms with Gasteiger partial charge in [0, 0.05) is 20.7 Å². The van der Waals surface area contributed by atoms with Crippen LogP contribution in [0.15, 0.2) is 99.2 Å². The largest absolute Gasteiger partial charge is 0.322 e. The number of hydrogen-bond acceptors (Lipinski definition) is 3. The third-order valence-electron chi connectivity index (χ3n) is 5.92. The number of benzene rings is 4. The Hall–Kier alpha value is -3.26. The second-order valence-electron chi connectivity index (χ2n) is 8.39. The highest BCUT2D eigenvalue weighted by Crippen LogP contribution is 2.36. The maximum atomic E-state index is 13.7. The number of hydrogen-bond donors (Lipinski definition) is 1. The van der Waals surface area contributed by atoms with Crippen molar-refractivity contribution in [1.82, 2.24) is 0 Å². The summed E-state index contributed by atoms with van der Waals surface area (Å²) in [6, 6.07) is 24.6. The SMILES string of the molecule is Cc1cc(NC(=O)c2ccc3c(c2)N(Cc2cccc(Cl)c2)C(=O)c2ccccc2[S@]3=O)ccc1Br. The van der Waals surface area contributed by atoms with Crippen molar-refractivity contribution < 1.29 is 13.8 Å². The third kappa shape index (κ3) is 4.74. The van der Waals surface area contributed by atoms with Crippen molar-refractivity contribution in [3.05, 3.63) is 117 Å². The van der Waals surface area contributed by atoms with Gasteiger partial charge in [-0.1, -0.05) is 51.8 Å². The van der Waals surface area contributed by atoms with Gasteiger partial charge in [-0.05, 0) is 78.7 Å². The van der Waals surface area contributed by atoms with Crippen LogP contribution in [0.3, 0.4) is 0 Å². The Bertz CT molecular complexity index is 1560. The molecule has 4 aromatic rings. The van der Waals surface area contributed by atoms with Crippen LogP contribution in [0, 0.1) is 6.92 Å². The minimum atomic E-state index is -1.60. The minimum Gasteiger partial charge on any atom is -0.322 e. The molecular formula is C28H20BrClN2O3S. The topological polar surface area (TPSA) is 66.5 Å². The number of carbonyl (C=O) groups is 2. The summed E-state index contributed by atoms with van der Waals surface area (Å²) in [5.41, 5.74) is 3.59. The number of rotatable bonds is 4. The number of amides is 2. The molecule has 4 aromatic carbocycles. The van der Waals surface area contributed by atoms with Crippen molar-refractivity contribution in [2.75, 3.05) is 10.2 Å². The fourth-order valence-corrected chi connectivity index (χ4v) is 5.91. The van der Waals surface area contributed by atoms with Gasteiger partial charge in [-0.3, -0.25) is 9.59 Å². The Morgan fingerprint density at radius 3 is 2.56 bits per heavy atom. The van der Waals surface area contributed by atoms with Crippen LogP contribution in [0.25, 0.3) is 0 Å². The second-order valence-corrected chi connectivity index (χ2v) is 11.1. The maximum Gasteiger partial charge on any atom is 0.259 e. The summed E-state index contributed by atoms with van der Waals surface area (Å²) in [5.74, 6) is -0.624. The van der Waals surface area contributed by atoms with Gasteiger partial charge in [-0.25, -0.2) is 4.21 Å². The molecule has 1 aliphatic heterocycles. The minimum absolute atomic E-state index is 0.203. The van der Waals surface area contributed by atoms with Crippen molar-refractivity contribution in [3.8, 4) is 0 Å². The summed E-state index contributed by atoms with van der Waals surface area (Å²) in [5, 5.41) is 3.46. The first-order valence-corrected chi connectivity index (χ1v) is 13.4. The van der Waals surface area contributed by atoms with E-state index in [2.05, 4.69) is 21.2 Å². The lowest BCUT2D eigenvalue weighted by atomic mass is 10.1. The number of carbonyl (C=O) groups excluding carboxylic acids is 2. The van der Waals surface area contributed by atoms with Gasteiger partial charge in [0.2, 0.25) is 0 Å². The van der Waals surface area contributed by atoms with E-state index in [4.69, 9.17) is 11.6 Å². The predicted octanol–water partition coefficient (Wildman–Crippen LogP) is 6.99. The first-order valence-electron chi connectivity index (χ1n) is 11.1. The van der Waals surface area contributed by atoms with Gasteiger partial charge in [0.05, 0.1) is 38.4 Å². The zero-order valence-corrected chi connectivity index (χ0v) is 22.3. The molecular weight excluding hydrogens is 560 g/mol. The third-order valence-corrected chi connectivity index (χ3v) is 8.54. The summed E-state index contributed by atoms with van der Waals surface area (Å²) < 4.78 is 14.5. The van der Waals surface area contributed by atoms with E-state index in [9.17, 15) is 13.8 Å². The Kier molecular flexibility index (Phi) is 6.79. The highest BCUT2D eigenvalue weighted by atomic mass is 79.9. The highest BCUT2D eigenvalue weighted by Gasteiger charge is 2.31. The first-order chi connectivity index (χ1) is 17.3. The van der Waals surface area contributed by atoms with Crippen molar-refractivity contribution in [2.45, 2.75) is 23.3 Å². The van der Waals surface area contributed by atoms with E-state index in [1.54, 1.807) is 65.6 Å². The molecule has 0 radical (unpaired) electrons. The molecule has 2 amide bonds. The smallest absolute Gasteiger partial charge is 0.259 e. The second kappa shape index (κ2) is 10.0. The zero-order valence-electron chi connectivity index (χ0n) is 19.1. The molecule has 1 atom stereocenters. The quantitative estimate of drug-likeness (QED) is 0.283.